The molecule has 10 atom stereocenters. The van der Waals surface area contributed by atoms with Crippen molar-refractivity contribution < 1.29 is 86.1 Å². The monoisotopic (exact) mass is 990 g/mol. The topological polar surface area (TPSA) is 260 Å². The van der Waals surface area contributed by atoms with Gasteiger partial charge in [0, 0.05) is 30.7 Å². The Bertz CT molecular complexity index is 2570. The lowest BCUT2D eigenvalue weighted by Gasteiger charge is -2.39. The lowest BCUT2D eigenvalue weighted by atomic mass is 9.94. The van der Waals surface area contributed by atoms with Gasteiger partial charge in [-0.1, -0.05) is 34.7 Å². The van der Waals surface area contributed by atoms with Crippen LogP contribution in [0.2, 0.25) is 0 Å². The highest BCUT2D eigenvalue weighted by Crippen LogP contribution is 2.66. The van der Waals surface area contributed by atoms with Gasteiger partial charge in [-0.2, -0.15) is 26.3 Å². The molecule has 0 unspecified atom stereocenters. The zero-order chi connectivity index (χ0) is 48.3. The third-order valence-electron chi connectivity index (χ3n) is 11.7. The van der Waals surface area contributed by atoms with Gasteiger partial charge in [-0.15, -0.1) is 32.9 Å². The van der Waals surface area contributed by atoms with Crippen LogP contribution in [0.4, 0.5) is 26.3 Å². The Kier molecular flexibility index (Phi) is 13.9. The minimum atomic E-state index is -5.79. The van der Waals surface area contributed by atoms with Crippen molar-refractivity contribution in [3.05, 3.63) is 91.5 Å². The number of thiophene rings is 2. The number of aliphatic hydroxyl groups excluding tert-OH is 8. The van der Waals surface area contributed by atoms with Crippen molar-refractivity contribution in [3.8, 4) is 10.4 Å². The van der Waals surface area contributed by atoms with Crippen molar-refractivity contribution in [2.45, 2.75) is 119 Å². The largest absolute Gasteiger partial charge is 0.394 e. The molecule has 0 spiro atoms. The fraction of sp³-hybridized carbons (Fsp3) is 0.512. The average Bonchev–Trinajstić information content (AvgIpc) is 4.12. The van der Waals surface area contributed by atoms with E-state index in [1.807, 2.05) is 0 Å². The van der Waals surface area contributed by atoms with Crippen LogP contribution < -0.4 is 0 Å². The maximum atomic E-state index is 15.9. The number of allylic oxidation sites excluding steroid dienone is 2. The fourth-order valence-corrected chi connectivity index (χ4v) is 10.1. The lowest BCUT2D eigenvalue weighted by molar-refractivity contribution is -0.304. The summed E-state index contributed by atoms with van der Waals surface area (Å²) in [7, 11) is 0. The van der Waals surface area contributed by atoms with Crippen LogP contribution in [0, 0.1) is 13.8 Å². The molecule has 0 saturated carbocycles. The molecule has 67 heavy (non-hydrogen) atoms. The summed E-state index contributed by atoms with van der Waals surface area (Å²) in [6.45, 7) is 0.922. The lowest BCUT2D eigenvalue weighted by Crippen LogP contribution is -2.59. The molecule has 1 aromatic carbocycles. The number of aromatic nitrogens is 6. The van der Waals surface area contributed by atoms with Crippen molar-refractivity contribution >= 4 is 33.8 Å². The van der Waals surface area contributed by atoms with Crippen LogP contribution in [-0.4, -0.2) is 163 Å². The third-order valence-corrected chi connectivity index (χ3v) is 13.8. The molecule has 4 aromatic heterocycles. The molecule has 2 aliphatic heterocycles. The van der Waals surface area contributed by atoms with Gasteiger partial charge in [0.05, 0.1) is 51.9 Å². The molecule has 26 heteroatoms. The number of rotatable bonds is 15. The Labute approximate surface area is 383 Å². The number of benzene rings is 1. The van der Waals surface area contributed by atoms with E-state index in [9.17, 15) is 40.9 Å². The summed E-state index contributed by atoms with van der Waals surface area (Å²) in [5, 5.41) is 95.1. The molecule has 18 nitrogen and oxygen atoms in total. The molecule has 8 rings (SSSR count). The number of halogens is 6. The molecule has 5 aromatic rings. The van der Waals surface area contributed by atoms with E-state index in [4.69, 9.17) is 18.9 Å². The van der Waals surface area contributed by atoms with E-state index >= 15 is 26.3 Å². The minimum Gasteiger partial charge on any atom is -0.394 e. The number of aliphatic hydroxyl groups is 8. The average molecular weight is 991 g/mol. The summed E-state index contributed by atoms with van der Waals surface area (Å²) in [4.78, 5) is 0.779. The van der Waals surface area contributed by atoms with Crippen molar-refractivity contribution in [3.63, 3.8) is 0 Å². The zero-order valence-electron chi connectivity index (χ0n) is 35.1. The number of aryl methyl sites for hydroxylation is 2. The van der Waals surface area contributed by atoms with Gasteiger partial charge in [-0.3, -0.25) is 0 Å². The van der Waals surface area contributed by atoms with E-state index in [0.717, 1.165) is 28.7 Å². The SMILES string of the molecule is Cc1sc(Cn2cc(CO[C@@H]3O[C@H](CO)[C@@H](O)[C@H](O)[C@H]3O)nn2)cc1C1=C(c2cc(-c3ccc(Cn4cc(CO[C@@H]5O[C@H](CO)[C@@H](O)[C@H](O)[C@H]5O)nn4)cc3)sc2C)C(F)(F)C(F)(F)C1(F)F. The number of ether oxygens (including phenoxy) is 4. The minimum absolute atomic E-state index is 0.0616. The maximum Gasteiger partial charge on any atom is 0.380 e. The van der Waals surface area contributed by atoms with Crippen LogP contribution in [-0.2, 0) is 45.3 Å². The predicted molar refractivity (Wildman–Crippen MR) is 221 cm³/mol. The molecule has 6 heterocycles. The van der Waals surface area contributed by atoms with Gasteiger partial charge in [-0.25, -0.2) is 9.36 Å². The van der Waals surface area contributed by atoms with E-state index in [2.05, 4.69) is 20.6 Å². The molecular formula is C41H44F6N6O12S2. The number of alkyl halides is 6. The molecule has 0 bridgehead atoms. The van der Waals surface area contributed by atoms with E-state index in [1.54, 1.807) is 24.3 Å². The van der Waals surface area contributed by atoms with Crippen LogP contribution in [0.1, 0.15) is 42.7 Å². The van der Waals surface area contributed by atoms with E-state index in [0.29, 0.717) is 21.7 Å². The summed E-state index contributed by atoms with van der Waals surface area (Å²) in [5.74, 6) is -16.4. The Hall–Kier alpha value is -4.26. The van der Waals surface area contributed by atoms with Gasteiger partial charge in [0.25, 0.3) is 0 Å². The molecule has 3 aliphatic rings. The summed E-state index contributed by atoms with van der Waals surface area (Å²) >= 11 is 1.86. The second kappa shape index (κ2) is 18.9. The van der Waals surface area contributed by atoms with Crippen molar-refractivity contribution in [2.75, 3.05) is 13.2 Å². The predicted octanol–water partition coefficient (Wildman–Crippen LogP) is 1.84. The Morgan fingerprint density at radius 2 is 1.09 bits per heavy atom. The first-order valence-electron chi connectivity index (χ1n) is 20.5. The fourth-order valence-electron chi connectivity index (χ4n) is 8.01. The summed E-state index contributed by atoms with van der Waals surface area (Å²) in [5.41, 5.74) is -2.28. The number of hydrogen-bond acceptors (Lipinski definition) is 18. The summed E-state index contributed by atoms with van der Waals surface area (Å²) in [6.07, 6.45) is -12.0. The van der Waals surface area contributed by atoms with Crippen LogP contribution in [0.15, 0.2) is 48.8 Å². The van der Waals surface area contributed by atoms with Crippen LogP contribution in [0.3, 0.4) is 0 Å². The molecule has 0 amide bonds. The van der Waals surface area contributed by atoms with Crippen LogP contribution >= 0.6 is 22.7 Å². The van der Waals surface area contributed by atoms with E-state index in [-0.39, 0.29) is 46.6 Å². The molecule has 8 N–H and O–H groups in total. The molecule has 364 valence electrons. The molecule has 2 fully saturated rings. The Balaban J connectivity index is 0.975. The van der Waals surface area contributed by atoms with Crippen molar-refractivity contribution in [1.82, 2.24) is 30.0 Å². The zero-order valence-corrected chi connectivity index (χ0v) is 36.7. The first-order valence-corrected chi connectivity index (χ1v) is 22.1. The second-order valence-corrected chi connectivity index (χ2v) is 18.9. The number of hydrogen-bond donors (Lipinski definition) is 8. The van der Waals surface area contributed by atoms with Gasteiger partial charge < -0.3 is 59.8 Å². The summed E-state index contributed by atoms with van der Waals surface area (Å²) in [6, 6.07) is 8.99. The van der Waals surface area contributed by atoms with E-state index < -0.39 is 115 Å². The van der Waals surface area contributed by atoms with Crippen molar-refractivity contribution in [1.29, 1.82) is 0 Å². The first kappa shape index (κ1) is 49.2. The highest BCUT2D eigenvalue weighted by molar-refractivity contribution is 7.15. The normalized spacial score (nSPS) is 29.3. The number of nitrogens with zero attached hydrogens (tertiary/aromatic N) is 6. The Morgan fingerprint density at radius 3 is 1.58 bits per heavy atom. The highest BCUT2D eigenvalue weighted by Gasteiger charge is 2.80. The van der Waals surface area contributed by atoms with Gasteiger partial charge in [-0.05, 0) is 48.2 Å². The first-order chi connectivity index (χ1) is 31.7. The smallest absolute Gasteiger partial charge is 0.380 e. The van der Waals surface area contributed by atoms with Gasteiger partial charge in [0.15, 0.2) is 12.6 Å². The van der Waals surface area contributed by atoms with Gasteiger partial charge >= 0.3 is 17.8 Å². The maximum absolute atomic E-state index is 15.9. The molecule has 2 saturated heterocycles. The standard InChI is InChI=1S/C41H44F6N6O12S2/c1-17-24(7-23(66-17)12-53-11-22(49-51-53)16-63-38-36(61)34(59)32(57)27(14-55)65-38)29-30(40(44,45)41(46,47)39(29,42)43)25-8-28(67-18(25)2)20-5-3-19(4-6-20)9-52-10-21(48-50-52)15-62-37-35(60)33(58)31(56)26(13-54)64-37/h3-8,10-11,26-27,31-38,54-61H,9,12-16H2,1-2H3/t26-,27-,31-,32-,33+,34+,35-,36-,37-,38-/m1/s1. The Morgan fingerprint density at radius 1 is 0.627 bits per heavy atom. The summed E-state index contributed by atoms with van der Waals surface area (Å²) < 4.78 is 119. The highest BCUT2D eigenvalue weighted by atomic mass is 32.1. The van der Waals surface area contributed by atoms with E-state index in [1.165, 1.54) is 41.7 Å². The molecule has 0 radical (unpaired) electrons. The van der Waals surface area contributed by atoms with Crippen LogP contribution in [0.25, 0.3) is 21.6 Å². The quantitative estimate of drug-likeness (QED) is 0.0697. The third kappa shape index (κ3) is 9.08. The second-order valence-electron chi connectivity index (χ2n) is 16.3. The molecule has 1 aliphatic carbocycles. The molecular weight excluding hydrogens is 947 g/mol. The van der Waals surface area contributed by atoms with Gasteiger partial charge in [0.2, 0.25) is 0 Å². The van der Waals surface area contributed by atoms with Crippen LogP contribution in [0.5, 0.6) is 0 Å². The van der Waals surface area contributed by atoms with Crippen molar-refractivity contribution in [2.24, 2.45) is 0 Å². The van der Waals surface area contributed by atoms with Gasteiger partial charge in [0.1, 0.15) is 60.2 Å².